The molecule has 1 saturated heterocycles. The number of nitrogens with zero attached hydrogens (tertiary/aromatic N) is 1. The molecule has 1 aliphatic carbocycles. The Bertz CT molecular complexity index is 1480. The summed E-state index contributed by atoms with van der Waals surface area (Å²) in [5, 5.41) is 3.06. The van der Waals surface area contributed by atoms with Gasteiger partial charge in [-0.15, -0.1) is 0 Å². The molecule has 2 aromatic heterocycles. The molecule has 6 rings (SSSR count). The zero-order valence-electron chi connectivity index (χ0n) is 24.2. The van der Waals surface area contributed by atoms with E-state index in [1.54, 1.807) is 17.0 Å². The second kappa shape index (κ2) is 12.8. The molecule has 7 heteroatoms. The fourth-order valence-corrected chi connectivity index (χ4v) is 6.25. The van der Waals surface area contributed by atoms with Crippen LogP contribution in [-0.2, 0) is 9.53 Å². The maximum atomic E-state index is 14.4. The molecule has 2 aromatic carbocycles. The number of benzene rings is 2. The number of anilines is 1. The van der Waals surface area contributed by atoms with E-state index in [0.29, 0.717) is 42.0 Å². The first-order chi connectivity index (χ1) is 20.6. The summed E-state index contributed by atoms with van der Waals surface area (Å²) in [6.07, 6.45) is 8.03. The maximum Gasteiger partial charge on any atom is 0.275 e. The molecule has 1 aliphatic heterocycles. The SMILES string of the molecule is Cc1ccc([C@H](C(=O)NC[C@H]2CCCO2)N(C(=O)c2ccc(-c3ccccc3)[nH]2)c2ccc(C3CCCCC3)cc2)o1. The molecule has 218 valence electrons. The van der Waals surface area contributed by atoms with Crippen LogP contribution in [0.25, 0.3) is 11.3 Å². The normalized spacial score (nSPS) is 18.1. The third-order valence-corrected chi connectivity index (χ3v) is 8.53. The summed E-state index contributed by atoms with van der Waals surface area (Å²) < 4.78 is 11.8. The van der Waals surface area contributed by atoms with Gasteiger partial charge in [0, 0.05) is 24.5 Å². The lowest BCUT2D eigenvalue weighted by Gasteiger charge is -2.30. The zero-order valence-corrected chi connectivity index (χ0v) is 24.2. The number of amides is 2. The molecule has 2 fully saturated rings. The number of furan rings is 1. The molecule has 0 spiro atoms. The first kappa shape index (κ1) is 28.0. The van der Waals surface area contributed by atoms with E-state index in [0.717, 1.165) is 24.1 Å². The molecule has 7 nitrogen and oxygen atoms in total. The van der Waals surface area contributed by atoms with Crippen molar-refractivity contribution >= 4 is 17.5 Å². The summed E-state index contributed by atoms with van der Waals surface area (Å²) >= 11 is 0. The van der Waals surface area contributed by atoms with Gasteiger partial charge in [0.1, 0.15) is 17.2 Å². The number of aryl methyl sites for hydroxylation is 1. The number of carbonyl (C=O) groups excluding carboxylic acids is 2. The second-order valence-corrected chi connectivity index (χ2v) is 11.5. The van der Waals surface area contributed by atoms with Gasteiger partial charge in [-0.2, -0.15) is 0 Å². The van der Waals surface area contributed by atoms with Gasteiger partial charge in [-0.25, -0.2) is 0 Å². The minimum absolute atomic E-state index is 0.0243. The summed E-state index contributed by atoms with van der Waals surface area (Å²) in [4.78, 5) is 33.2. The Morgan fingerprint density at radius 1 is 0.905 bits per heavy atom. The standard InChI is InChI=1S/C35H39N3O4/c1-24-14-21-32(42-24)33(34(39)36-23-29-13-8-22-41-29)38(28-17-15-26(16-18-28)25-9-4-2-5-10-25)35(40)31-20-19-30(37-31)27-11-6-3-7-12-27/h3,6-7,11-12,14-21,25,29,33,37H,2,4-5,8-10,13,22-23H2,1H3,(H,36,39)/t29-,33-/m1/s1. The van der Waals surface area contributed by atoms with E-state index < -0.39 is 6.04 Å². The first-order valence-corrected chi connectivity index (χ1v) is 15.2. The highest BCUT2D eigenvalue weighted by Gasteiger charge is 2.37. The van der Waals surface area contributed by atoms with Crippen molar-refractivity contribution in [2.24, 2.45) is 0 Å². The molecule has 2 N–H and O–H groups in total. The maximum absolute atomic E-state index is 14.4. The average Bonchev–Trinajstić information content (AvgIpc) is 3.82. The lowest BCUT2D eigenvalue weighted by molar-refractivity contribution is -0.123. The number of carbonyl (C=O) groups is 2. The Morgan fingerprint density at radius 2 is 1.69 bits per heavy atom. The highest BCUT2D eigenvalue weighted by Crippen LogP contribution is 2.36. The van der Waals surface area contributed by atoms with Crippen LogP contribution in [0.2, 0.25) is 0 Å². The van der Waals surface area contributed by atoms with E-state index in [2.05, 4.69) is 22.4 Å². The van der Waals surface area contributed by atoms with Crippen molar-refractivity contribution in [3.05, 3.63) is 102 Å². The molecule has 0 unspecified atom stereocenters. The highest BCUT2D eigenvalue weighted by molar-refractivity contribution is 6.09. The van der Waals surface area contributed by atoms with Crippen molar-refractivity contribution in [1.82, 2.24) is 10.3 Å². The number of aromatic nitrogens is 1. The van der Waals surface area contributed by atoms with E-state index in [4.69, 9.17) is 9.15 Å². The average molecular weight is 566 g/mol. The smallest absolute Gasteiger partial charge is 0.275 e. The van der Waals surface area contributed by atoms with Crippen LogP contribution < -0.4 is 10.2 Å². The summed E-state index contributed by atoms with van der Waals surface area (Å²) in [7, 11) is 0. The largest absolute Gasteiger partial charge is 0.464 e. The highest BCUT2D eigenvalue weighted by atomic mass is 16.5. The van der Waals surface area contributed by atoms with E-state index in [1.165, 1.54) is 37.7 Å². The molecule has 0 bridgehead atoms. The number of H-pyrrole nitrogens is 1. The summed E-state index contributed by atoms with van der Waals surface area (Å²) in [5.74, 6) is 1.01. The molecule has 4 aromatic rings. The van der Waals surface area contributed by atoms with Gasteiger partial charge in [0.2, 0.25) is 0 Å². The number of nitrogens with one attached hydrogen (secondary N) is 2. The molecule has 0 radical (unpaired) electrons. The van der Waals surface area contributed by atoms with Crippen molar-refractivity contribution in [2.45, 2.75) is 69.9 Å². The van der Waals surface area contributed by atoms with Crippen LogP contribution in [0.4, 0.5) is 5.69 Å². The quantitative estimate of drug-likeness (QED) is 0.223. The van der Waals surface area contributed by atoms with Crippen LogP contribution in [0.5, 0.6) is 0 Å². The van der Waals surface area contributed by atoms with Crippen LogP contribution >= 0.6 is 0 Å². The van der Waals surface area contributed by atoms with E-state index in [-0.39, 0.29) is 17.9 Å². The van der Waals surface area contributed by atoms with Crippen LogP contribution in [0.1, 0.15) is 84.5 Å². The fourth-order valence-electron chi connectivity index (χ4n) is 6.25. The van der Waals surface area contributed by atoms with Crippen molar-refractivity contribution in [2.75, 3.05) is 18.1 Å². The molecule has 2 atom stereocenters. The molecule has 3 heterocycles. The number of ether oxygens (including phenoxy) is 1. The van der Waals surface area contributed by atoms with Crippen LogP contribution in [0, 0.1) is 6.92 Å². The van der Waals surface area contributed by atoms with Gasteiger partial charge < -0.3 is 19.5 Å². The Morgan fingerprint density at radius 3 is 2.38 bits per heavy atom. The van der Waals surface area contributed by atoms with Gasteiger partial charge in [0.15, 0.2) is 6.04 Å². The number of hydrogen-bond donors (Lipinski definition) is 2. The Hall–Kier alpha value is -4.10. The Labute approximate surface area is 247 Å². The van der Waals surface area contributed by atoms with Crippen LogP contribution in [0.3, 0.4) is 0 Å². The summed E-state index contributed by atoms with van der Waals surface area (Å²) in [5.41, 5.74) is 4.13. The van der Waals surface area contributed by atoms with Crippen molar-refractivity contribution in [1.29, 1.82) is 0 Å². The topological polar surface area (TPSA) is 87.6 Å². The molecular formula is C35H39N3O4. The monoisotopic (exact) mass is 565 g/mol. The van der Waals surface area contributed by atoms with Gasteiger partial charge in [0.05, 0.1) is 6.10 Å². The third kappa shape index (κ3) is 6.21. The zero-order chi connectivity index (χ0) is 28.9. The molecule has 2 amide bonds. The van der Waals surface area contributed by atoms with Crippen molar-refractivity contribution in [3.8, 4) is 11.3 Å². The number of aromatic amines is 1. The van der Waals surface area contributed by atoms with Crippen molar-refractivity contribution < 1.29 is 18.7 Å². The lowest BCUT2D eigenvalue weighted by Crippen LogP contribution is -2.45. The molecule has 42 heavy (non-hydrogen) atoms. The van der Waals surface area contributed by atoms with Gasteiger partial charge in [-0.05, 0) is 86.1 Å². The fraction of sp³-hybridized carbons (Fsp3) is 0.371. The molecular weight excluding hydrogens is 526 g/mol. The predicted octanol–water partition coefficient (Wildman–Crippen LogP) is 7.31. The minimum Gasteiger partial charge on any atom is -0.464 e. The van der Waals surface area contributed by atoms with Gasteiger partial charge >= 0.3 is 0 Å². The molecule has 2 aliphatic rings. The second-order valence-electron chi connectivity index (χ2n) is 11.5. The Balaban J connectivity index is 1.37. The predicted molar refractivity (Wildman–Crippen MR) is 163 cm³/mol. The number of hydrogen-bond acceptors (Lipinski definition) is 4. The van der Waals surface area contributed by atoms with Gasteiger partial charge in [-0.3, -0.25) is 14.5 Å². The van der Waals surface area contributed by atoms with Gasteiger partial charge in [0.25, 0.3) is 11.8 Å². The summed E-state index contributed by atoms with van der Waals surface area (Å²) in [6, 6.07) is 24.3. The minimum atomic E-state index is -1.00. The first-order valence-electron chi connectivity index (χ1n) is 15.2. The van der Waals surface area contributed by atoms with Crippen molar-refractivity contribution in [3.63, 3.8) is 0 Å². The lowest BCUT2D eigenvalue weighted by atomic mass is 9.84. The van der Waals surface area contributed by atoms with Crippen LogP contribution in [0.15, 0.2) is 83.3 Å². The van der Waals surface area contributed by atoms with Crippen LogP contribution in [-0.4, -0.2) is 36.1 Å². The van der Waals surface area contributed by atoms with E-state index in [9.17, 15) is 9.59 Å². The Kier molecular flexibility index (Phi) is 8.56. The number of rotatable bonds is 9. The molecule has 1 saturated carbocycles. The van der Waals surface area contributed by atoms with Gasteiger partial charge in [-0.1, -0.05) is 61.7 Å². The van der Waals surface area contributed by atoms with E-state index in [1.807, 2.05) is 61.5 Å². The third-order valence-electron chi connectivity index (χ3n) is 8.53. The van der Waals surface area contributed by atoms with E-state index >= 15 is 0 Å². The summed E-state index contributed by atoms with van der Waals surface area (Å²) in [6.45, 7) is 2.93.